The highest BCUT2D eigenvalue weighted by Crippen LogP contribution is 2.18. The molecule has 6 heteroatoms. The van der Waals surface area contributed by atoms with E-state index in [4.69, 9.17) is 14.7 Å². The van der Waals surface area contributed by atoms with Crippen LogP contribution in [0.3, 0.4) is 0 Å². The molecule has 1 N–H and O–H groups in total. The predicted molar refractivity (Wildman–Crippen MR) is 80.3 cm³/mol. The van der Waals surface area contributed by atoms with Crippen molar-refractivity contribution in [3.63, 3.8) is 0 Å². The number of nitrogens with zero attached hydrogens (tertiary/aromatic N) is 1. The molecule has 0 aromatic heterocycles. The van der Waals surface area contributed by atoms with Gasteiger partial charge in [-0.25, -0.2) is 4.79 Å². The van der Waals surface area contributed by atoms with Crippen LogP contribution in [0, 0.1) is 17.2 Å². The number of benzene rings is 1. The van der Waals surface area contributed by atoms with Crippen LogP contribution in [-0.4, -0.2) is 31.1 Å². The van der Waals surface area contributed by atoms with Gasteiger partial charge in [-0.1, -0.05) is 26.0 Å². The van der Waals surface area contributed by atoms with Crippen LogP contribution in [0.5, 0.6) is 5.75 Å². The Morgan fingerprint density at radius 3 is 2.59 bits per heavy atom. The van der Waals surface area contributed by atoms with E-state index in [0.29, 0.717) is 17.9 Å². The lowest BCUT2D eigenvalue weighted by Crippen LogP contribution is -2.45. The van der Waals surface area contributed by atoms with Crippen molar-refractivity contribution in [2.45, 2.75) is 26.8 Å². The first-order valence-electron chi connectivity index (χ1n) is 7.07. The first kappa shape index (κ1) is 17.5. The van der Waals surface area contributed by atoms with Crippen molar-refractivity contribution < 1.29 is 19.1 Å². The molecule has 1 aromatic carbocycles. The van der Waals surface area contributed by atoms with Gasteiger partial charge in [0.15, 0.2) is 6.61 Å². The maximum Gasteiger partial charge on any atom is 0.329 e. The molecule has 1 atom stereocenters. The molecule has 0 radical (unpaired) electrons. The average molecular weight is 304 g/mol. The van der Waals surface area contributed by atoms with Crippen LogP contribution in [0.15, 0.2) is 24.3 Å². The van der Waals surface area contributed by atoms with Gasteiger partial charge in [0.1, 0.15) is 17.9 Å². The standard InChI is InChI=1S/C16H20N2O4/c1-4-21-13-8-6-5-7-12(13)15(19)18-14(11(2)3)16(20)22-10-9-17/h5-8,11,14H,4,10H2,1-3H3,(H,18,19)/t14-/m0/s1. The second-order valence-electron chi connectivity index (χ2n) is 4.89. The fraction of sp³-hybridized carbons (Fsp3) is 0.438. The number of nitrogens with one attached hydrogen (secondary N) is 1. The molecule has 0 saturated carbocycles. The summed E-state index contributed by atoms with van der Waals surface area (Å²) in [5, 5.41) is 11.1. The van der Waals surface area contributed by atoms with Gasteiger partial charge in [-0.05, 0) is 25.0 Å². The van der Waals surface area contributed by atoms with Gasteiger partial charge in [-0.15, -0.1) is 0 Å². The summed E-state index contributed by atoms with van der Waals surface area (Å²) in [5.41, 5.74) is 0.350. The van der Waals surface area contributed by atoms with Gasteiger partial charge in [0, 0.05) is 0 Å². The maximum absolute atomic E-state index is 12.4. The van der Waals surface area contributed by atoms with Gasteiger partial charge in [-0.2, -0.15) is 5.26 Å². The summed E-state index contributed by atoms with van der Waals surface area (Å²) in [7, 11) is 0. The van der Waals surface area contributed by atoms with Crippen molar-refractivity contribution >= 4 is 11.9 Å². The van der Waals surface area contributed by atoms with Crippen molar-refractivity contribution in [1.82, 2.24) is 5.32 Å². The fourth-order valence-electron chi connectivity index (χ4n) is 1.85. The minimum absolute atomic E-state index is 0.172. The first-order chi connectivity index (χ1) is 10.5. The smallest absolute Gasteiger partial charge is 0.329 e. The number of esters is 1. The number of carbonyl (C=O) groups excluding carboxylic acids is 2. The lowest BCUT2D eigenvalue weighted by atomic mass is 10.0. The lowest BCUT2D eigenvalue weighted by Gasteiger charge is -2.20. The Kier molecular flexibility index (Phi) is 6.90. The third-order valence-corrected chi connectivity index (χ3v) is 2.92. The van der Waals surface area contributed by atoms with E-state index in [9.17, 15) is 9.59 Å². The zero-order chi connectivity index (χ0) is 16.5. The van der Waals surface area contributed by atoms with Gasteiger partial charge >= 0.3 is 5.97 Å². The summed E-state index contributed by atoms with van der Waals surface area (Å²) < 4.78 is 10.2. The number of carbonyl (C=O) groups is 2. The number of rotatable bonds is 7. The Labute approximate surface area is 130 Å². The largest absolute Gasteiger partial charge is 0.493 e. The van der Waals surface area contributed by atoms with Crippen molar-refractivity contribution in [3.8, 4) is 11.8 Å². The molecule has 0 aliphatic carbocycles. The van der Waals surface area contributed by atoms with E-state index in [0.717, 1.165) is 0 Å². The van der Waals surface area contributed by atoms with Gasteiger partial charge in [-0.3, -0.25) is 4.79 Å². The minimum atomic E-state index is -0.824. The number of nitriles is 1. The molecular formula is C16H20N2O4. The summed E-state index contributed by atoms with van der Waals surface area (Å²) in [6.07, 6.45) is 0. The number of amides is 1. The number of para-hydroxylation sites is 1. The molecule has 118 valence electrons. The minimum Gasteiger partial charge on any atom is -0.493 e. The fourth-order valence-corrected chi connectivity index (χ4v) is 1.85. The maximum atomic E-state index is 12.4. The van der Waals surface area contributed by atoms with Crippen LogP contribution in [0.2, 0.25) is 0 Å². The van der Waals surface area contributed by atoms with Gasteiger partial charge in [0.05, 0.1) is 12.2 Å². The van der Waals surface area contributed by atoms with Crippen LogP contribution >= 0.6 is 0 Å². The Balaban J connectivity index is 2.88. The zero-order valence-electron chi connectivity index (χ0n) is 13.0. The van der Waals surface area contributed by atoms with E-state index in [1.165, 1.54) is 0 Å². The van der Waals surface area contributed by atoms with Crippen LogP contribution in [0.4, 0.5) is 0 Å². The van der Waals surface area contributed by atoms with Gasteiger partial charge in [0.2, 0.25) is 0 Å². The Morgan fingerprint density at radius 1 is 1.32 bits per heavy atom. The van der Waals surface area contributed by atoms with E-state index < -0.39 is 17.9 Å². The van der Waals surface area contributed by atoms with E-state index >= 15 is 0 Å². The quantitative estimate of drug-likeness (QED) is 0.777. The SMILES string of the molecule is CCOc1ccccc1C(=O)N[C@H](C(=O)OCC#N)C(C)C. The number of hydrogen-bond acceptors (Lipinski definition) is 5. The molecule has 0 bridgehead atoms. The summed E-state index contributed by atoms with van der Waals surface area (Å²) in [6.45, 7) is 5.49. The third-order valence-electron chi connectivity index (χ3n) is 2.92. The number of ether oxygens (including phenoxy) is 2. The summed E-state index contributed by atoms with van der Waals surface area (Å²) in [6, 6.07) is 7.70. The highest BCUT2D eigenvalue weighted by atomic mass is 16.5. The molecule has 22 heavy (non-hydrogen) atoms. The summed E-state index contributed by atoms with van der Waals surface area (Å²) in [4.78, 5) is 24.3. The molecule has 0 saturated heterocycles. The lowest BCUT2D eigenvalue weighted by molar-refractivity contribution is -0.145. The van der Waals surface area contributed by atoms with E-state index in [1.807, 2.05) is 6.92 Å². The molecule has 0 fully saturated rings. The van der Waals surface area contributed by atoms with Crippen LogP contribution < -0.4 is 10.1 Å². The first-order valence-corrected chi connectivity index (χ1v) is 7.07. The van der Waals surface area contributed by atoms with E-state index in [1.54, 1.807) is 44.2 Å². The summed E-state index contributed by atoms with van der Waals surface area (Å²) >= 11 is 0. The molecule has 0 aliphatic heterocycles. The van der Waals surface area contributed by atoms with Crippen molar-refractivity contribution in [1.29, 1.82) is 5.26 Å². The van der Waals surface area contributed by atoms with E-state index in [2.05, 4.69) is 5.32 Å². The molecule has 6 nitrogen and oxygen atoms in total. The Morgan fingerprint density at radius 2 is 2.00 bits per heavy atom. The normalized spacial score (nSPS) is 11.4. The zero-order valence-corrected chi connectivity index (χ0v) is 13.0. The van der Waals surface area contributed by atoms with Crippen LogP contribution in [0.1, 0.15) is 31.1 Å². The third kappa shape index (κ3) is 4.77. The van der Waals surface area contributed by atoms with Gasteiger partial charge in [0.25, 0.3) is 5.91 Å². The molecule has 1 aromatic rings. The Bertz CT molecular complexity index is 564. The molecule has 1 rings (SSSR count). The van der Waals surface area contributed by atoms with Crippen molar-refractivity contribution in [2.75, 3.05) is 13.2 Å². The highest BCUT2D eigenvalue weighted by molar-refractivity contribution is 5.99. The van der Waals surface area contributed by atoms with Crippen molar-refractivity contribution in [3.05, 3.63) is 29.8 Å². The van der Waals surface area contributed by atoms with E-state index in [-0.39, 0.29) is 12.5 Å². The number of hydrogen-bond donors (Lipinski definition) is 1. The van der Waals surface area contributed by atoms with Crippen LogP contribution in [0.25, 0.3) is 0 Å². The second-order valence-corrected chi connectivity index (χ2v) is 4.89. The second kappa shape index (κ2) is 8.67. The molecule has 0 aliphatic rings. The molecule has 0 unspecified atom stereocenters. The predicted octanol–water partition coefficient (Wildman–Crippen LogP) is 1.91. The molecule has 0 spiro atoms. The Hall–Kier alpha value is -2.55. The topological polar surface area (TPSA) is 88.4 Å². The van der Waals surface area contributed by atoms with Crippen molar-refractivity contribution in [2.24, 2.45) is 5.92 Å². The molecular weight excluding hydrogens is 284 g/mol. The van der Waals surface area contributed by atoms with Gasteiger partial charge < -0.3 is 14.8 Å². The average Bonchev–Trinajstić information content (AvgIpc) is 2.50. The molecule has 1 amide bonds. The van der Waals surface area contributed by atoms with Crippen LogP contribution in [-0.2, 0) is 9.53 Å². The summed E-state index contributed by atoms with van der Waals surface area (Å²) in [5.74, 6) is -0.764. The highest BCUT2D eigenvalue weighted by Gasteiger charge is 2.27. The monoisotopic (exact) mass is 304 g/mol. The molecule has 0 heterocycles.